The van der Waals surface area contributed by atoms with Gasteiger partial charge in [-0.1, -0.05) is 0 Å². The van der Waals surface area contributed by atoms with Gasteiger partial charge < -0.3 is 14.6 Å². The van der Waals surface area contributed by atoms with E-state index in [-0.39, 0.29) is 11.8 Å². The van der Waals surface area contributed by atoms with Gasteiger partial charge in [-0.05, 0) is 38.3 Å². The van der Waals surface area contributed by atoms with Gasteiger partial charge in [-0.3, -0.25) is 4.79 Å². The van der Waals surface area contributed by atoms with Crippen molar-refractivity contribution in [2.45, 2.75) is 44.8 Å². The molecule has 2 aliphatic rings. The van der Waals surface area contributed by atoms with E-state index in [9.17, 15) is 4.79 Å². The fraction of sp³-hybridized carbons (Fsp3) is 0.643. The molecule has 2 saturated heterocycles. The van der Waals surface area contributed by atoms with Crippen molar-refractivity contribution in [1.82, 2.24) is 10.2 Å². The fourth-order valence-corrected chi connectivity index (χ4v) is 3.26. The van der Waals surface area contributed by atoms with Gasteiger partial charge in [-0.25, -0.2) is 0 Å². The van der Waals surface area contributed by atoms with Crippen LogP contribution in [0.15, 0.2) is 16.5 Å². The van der Waals surface area contributed by atoms with Crippen molar-refractivity contribution in [2.75, 3.05) is 7.05 Å². The van der Waals surface area contributed by atoms with E-state index in [2.05, 4.69) is 5.32 Å². The van der Waals surface area contributed by atoms with Gasteiger partial charge in [0.05, 0.1) is 12.5 Å². The standard InChI is InChI=1S/C14H20N2O2/c1-9-3-5-11(18-9)8-16(2)14(17)12-7-10-4-6-13(12)15-10/h3,5,10,12-13,15H,4,6-8H2,1-2H3. The fourth-order valence-electron chi connectivity index (χ4n) is 3.26. The molecular weight excluding hydrogens is 228 g/mol. The summed E-state index contributed by atoms with van der Waals surface area (Å²) in [6, 6.07) is 4.86. The molecule has 1 aromatic heterocycles. The zero-order valence-electron chi connectivity index (χ0n) is 11.0. The van der Waals surface area contributed by atoms with Gasteiger partial charge in [0.2, 0.25) is 5.91 Å². The maximum Gasteiger partial charge on any atom is 0.227 e. The number of carbonyl (C=O) groups is 1. The average Bonchev–Trinajstić information content (AvgIpc) is 3.04. The lowest BCUT2D eigenvalue weighted by Crippen LogP contribution is -2.38. The van der Waals surface area contributed by atoms with E-state index in [1.807, 2.05) is 26.1 Å². The molecule has 0 aromatic carbocycles. The Labute approximate surface area is 107 Å². The van der Waals surface area contributed by atoms with Gasteiger partial charge in [0, 0.05) is 19.1 Å². The Hall–Kier alpha value is -1.29. The summed E-state index contributed by atoms with van der Waals surface area (Å²) in [5, 5.41) is 3.51. The first-order valence-corrected chi connectivity index (χ1v) is 6.70. The molecular formula is C14H20N2O2. The molecule has 2 fully saturated rings. The molecule has 0 saturated carbocycles. The van der Waals surface area contributed by atoms with E-state index < -0.39 is 0 Å². The molecule has 1 amide bonds. The van der Waals surface area contributed by atoms with Crippen molar-refractivity contribution in [1.29, 1.82) is 0 Å². The first kappa shape index (κ1) is 11.8. The molecule has 0 radical (unpaired) electrons. The van der Waals surface area contributed by atoms with Crippen molar-refractivity contribution in [2.24, 2.45) is 5.92 Å². The zero-order valence-corrected chi connectivity index (χ0v) is 11.0. The number of hydrogen-bond donors (Lipinski definition) is 1. The Morgan fingerprint density at radius 2 is 2.33 bits per heavy atom. The molecule has 0 spiro atoms. The number of nitrogens with one attached hydrogen (secondary N) is 1. The largest absolute Gasteiger partial charge is 0.464 e. The van der Waals surface area contributed by atoms with E-state index in [1.54, 1.807) is 4.90 Å². The summed E-state index contributed by atoms with van der Waals surface area (Å²) in [6.07, 6.45) is 3.38. The van der Waals surface area contributed by atoms with Crippen molar-refractivity contribution in [3.8, 4) is 0 Å². The number of hydrogen-bond acceptors (Lipinski definition) is 3. The summed E-state index contributed by atoms with van der Waals surface area (Å²) in [5.41, 5.74) is 0. The topological polar surface area (TPSA) is 45.5 Å². The molecule has 3 heterocycles. The maximum absolute atomic E-state index is 12.4. The van der Waals surface area contributed by atoms with Gasteiger partial charge in [-0.2, -0.15) is 0 Å². The summed E-state index contributed by atoms with van der Waals surface area (Å²) >= 11 is 0. The monoisotopic (exact) mass is 248 g/mol. The zero-order chi connectivity index (χ0) is 12.7. The molecule has 1 aromatic rings. The van der Waals surface area contributed by atoms with Gasteiger partial charge in [0.25, 0.3) is 0 Å². The molecule has 0 aliphatic carbocycles. The number of furan rings is 1. The van der Waals surface area contributed by atoms with E-state index in [1.165, 1.54) is 6.42 Å². The van der Waals surface area contributed by atoms with Crippen LogP contribution in [0.4, 0.5) is 0 Å². The minimum Gasteiger partial charge on any atom is -0.464 e. The lowest BCUT2D eigenvalue weighted by molar-refractivity contribution is -0.135. The smallest absolute Gasteiger partial charge is 0.227 e. The molecule has 3 atom stereocenters. The van der Waals surface area contributed by atoms with Crippen molar-refractivity contribution >= 4 is 5.91 Å². The van der Waals surface area contributed by atoms with Crippen LogP contribution in [0.25, 0.3) is 0 Å². The second kappa shape index (κ2) is 4.43. The minimum atomic E-state index is 0.171. The first-order valence-electron chi connectivity index (χ1n) is 6.70. The lowest BCUT2D eigenvalue weighted by atomic mass is 9.88. The highest BCUT2D eigenvalue weighted by atomic mass is 16.3. The van der Waals surface area contributed by atoms with Crippen LogP contribution in [-0.2, 0) is 11.3 Å². The highest BCUT2D eigenvalue weighted by molar-refractivity contribution is 5.80. The SMILES string of the molecule is Cc1ccc(CN(C)C(=O)C2CC3CCC2N3)o1. The van der Waals surface area contributed by atoms with Crippen LogP contribution < -0.4 is 5.32 Å². The Morgan fingerprint density at radius 3 is 2.89 bits per heavy atom. The van der Waals surface area contributed by atoms with Crippen molar-refractivity contribution in [3.63, 3.8) is 0 Å². The second-order valence-corrected chi connectivity index (χ2v) is 5.60. The van der Waals surface area contributed by atoms with Gasteiger partial charge in [0.15, 0.2) is 0 Å². The van der Waals surface area contributed by atoms with E-state index in [0.717, 1.165) is 24.4 Å². The summed E-state index contributed by atoms with van der Waals surface area (Å²) < 4.78 is 5.52. The number of nitrogens with zero attached hydrogens (tertiary/aromatic N) is 1. The third-order valence-corrected chi connectivity index (χ3v) is 4.18. The van der Waals surface area contributed by atoms with E-state index in [0.29, 0.717) is 18.6 Å². The second-order valence-electron chi connectivity index (χ2n) is 5.60. The van der Waals surface area contributed by atoms with Crippen LogP contribution in [0.2, 0.25) is 0 Å². The Kier molecular flexibility index (Phi) is 2.90. The predicted molar refractivity (Wildman–Crippen MR) is 68.0 cm³/mol. The Balaban J connectivity index is 1.62. The third kappa shape index (κ3) is 2.05. The van der Waals surface area contributed by atoms with Gasteiger partial charge >= 0.3 is 0 Å². The van der Waals surface area contributed by atoms with Crippen LogP contribution in [0, 0.1) is 12.8 Å². The van der Waals surface area contributed by atoms with Crippen LogP contribution in [0.5, 0.6) is 0 Å². The number of amides is 1. The molecule has 2 bridgehead atoms. The van der Waals surface area contributed by atoms with E-state index >= 15 is 0 Å². The molecule has 2 aliphatic heterocycles. The summed E-state index contributed by atoms with van der Waals surface area (Å²) in [6.45, 7) is 2.49. The summed E-state index contributed by atoms with van der Waals surface area (Å²) in [5.74, 6) is 2.18. The van der Waals surface area contributed by atoms with Crippen LogP contribution in [0.1, 0.15) is 30.8 Å². The van der Waals surface area contributed by atoms with E-state index in [4.69, 9.17) is 4.42 Å². The third-order valence-electron chi connectivity index (χ3n) is 4.18. The highest BCUT2D eigenvalue weighted by Crippen LogP contribution is 2.34. The average molecular weight is 248 g/mol. The molecule has 98 valence electrons. The van der Waals surface area contributed by atoms with Gasteiger partial charge in [0.1, 0.15) is 11.5 Å². The van der Waals surface area contributed by atoms with Crippen LogP contribution >= 0.6 is 0 Å². The predicted octanol–water partition coefficient (Wildman–Crippen LogP) is 1.69. The molecule has 4 nitrogen and oxygen atoms in total. The molecule has 3 unspecified atom stereocenters. The number of fused-ring (bicyclic) bond motifs is 2. The highest BCUT2D eigenvalue weighted by Gasteiger charge is 2.43. The Morgan fingerprint density at radius 1 is 1.50 bits per heavy atom. The number of aryl methyl sites for hydroxylation is 1. The Bertz CT molecular complexity index is 454. The molecule has 4 heteroatoms. The van der Waals surface area contributed by atoms with Crippen LogP contribution in [-0.4, -0.2) is 29.9 Å². The van der Waals surface area contributed by atoms with Crippen molar-refractivity contribution in [3.05, 3.63) is 23.7 Å². The molecule has 18 heavy (non-hydrogen) atoms. The number of carbonyl (C=O) groups excluding carboxylic acids is 1. The first-order chi connectivity index (χ1) is 8.63. The summed E-state index contributed by atoms with van der Waals surface area (Å²) in [4.78, 5) is 14.2. The lowest BCUT2D eigenvalue weighted by Gasteiger charge is -2.25. The van der Waals surface area contributed by atoms with Crippen molar-refractivity contribution < 1.29 is 9.21 Å². The van der Waals surface area contributed by atoms with Gasteiger partial charge in [-0.15, -0.1) is 0 Å². The van der Waals surface area contributed by atoms with Crippen LogP contribution in [0.3, 0.4) is 0 Å². The quantitative estimate of drug-likeness (QED) is 0.885. The summed E-state index contributed by atoms with van der Waals surface area (Å²) in [7, 11) is 1.87. The minimum absolute atomic E-state index is 0.171. The maximum atomic E-state index is 12.4. The molecule has 1 N–H and O–H groups in total. The molecule has 3 rings (SSSR count). The normalized spacial score (nSPS) is 29.8. The number of rotatable bonds is 3.